The van der Waals surface area contributed by atoms with Crippen LogP contribution in [0.15, 0.2) is 0 Å². The molecule has 116 valence electrons. The molecule has 1 heterocycles. The zero-order chi connectivity index (χ0) is 15.9. The highest BCUT2D eigenvalue weighted by molar-refractivity contribution is 6.09. The zero-order valence-corrected chi connectivity index (χ0v) is 12.3. The molecule has 21 heavy (non-hydrogen) atoms. The number of rotatable bonds is 5. The van der Waals surface area contributed by atoms with Crippen LogP contribution in [0.5, 0.6) is 0 Å². The van der Waals surface area contributed by atoms with Crippen molar-refractivity contribution in [1.82, 2.24) is 15.1 Å². The molecule has 0 radical (unpaired) electrons. The van der Waals surface area contributed by atoms with E-state index in [0.29, 0.717) is 0 Å². The maximum atomic E-state index is 12.3. The molecule has 0 aromatic carbocycles. The van der Waals surface area contributed by atoms with E-state index in [-0.39, 0.29) is 5.92 Å². The first kappa shape index (κ1) is 15.3. The summed E-state index contributed by atoms with van der Waals surface area (Å²) in [7, 11) is 1.33. The lowest BCUT2D eigenvalue weighted by atomic mass is 9.96. The molecule has 2 aliphatic rings. The van der Waals surface area contributed by atoms with Crippen LogP contribution in [0.1, 0.15) is 26.7 Å². The van der Waals surface area contributed by atoms with Crippen LogP contribution in [0.2, 0.25) is 0 Å². The summed E-state index contributed by atoms with van der Waals surface area (Å²) < 4.78 is 0. The van der Waals surface area contributed by atoms with E-state index in [1.54, 1.807) is 6.92 Å². The molecule has 0 spiro atoms. The van der Waals surface area contributed by atoms with E-state index in [1.807, 2.05) is 0 Å². The monoisotopic (exact) mass is 297 g/mol. The zero-order valence-electron chi connectivity index (χ0n) is 12.3. The van der Waals surface area contributed by atoms with Crippen molar-refractivity contribution >= 4 is 23.8 Å². The molecule has 8 heteroatoms. The number of hydrogen-bond acceptors (Lipinski definition) is 4. The van der Waals surface area contributed by atoms with Crippen molar-refractivity contribution in [3.05, 3.63) is 0 Å². The largest absolute Gasteiger partial charge is 0.480 e. The Morgan fingerprint density at radius 1 is 1.48 bits per heavy atom. The summed E-state index contributed by atoms with van der Waals surface area (Å²) in [5.74, 6) is -2.04. The van der Waals surface area contributed by atoms with Gasteiger partial charge in [-0.1, -0.05) is 0 Å². The SMILES string of the molecule is CC(C(=O)O)N(C)C(=O)CN1C(=O)NC(C)(C2CC2)C1=O. The number of urea groups is 1. The Bertz CT molecular complexity index is 516. The number of carbonyl (C=O) groups excluding carboxylic acids is 3. The van der Waals surface area contributed by atoms with Gasteiger partial charge in [0.2, 0.25) is 5.91 Å². The molecule has 2 rings (SSSR count). The van der Waals surface area contributed by atoms with Crippen molar-refractivity contribution in [2.75, 3.05) is 13.6 Å². The highest BCUT2D eigenvalue weighted by Crippen LogP contribution is 2.42. The maximum absolute atomic E-state index is 12.3. The van der Waals surface area contributed by atoms with Crippen LogP contribution in [0.25, 0.3) is 0 Å². The molecule has 0 bridgehead atoms. The minimum Gasteiger partial charge on any atom is -0.480 e. The molecule has 0 aromatic rings. The second-order valence-electron chi connectivity index (χ2n) is 5.82. The third-order valence-corrected chi connectivity index (χ3v) is 4.32. The van der Waals surface area contributed by atoms with Crippen molar-refractivity contribution in [3.8, 4) is 0 Å². The van der Waals surface area contributed by atoms with E-state index >= 15 is 0 Å². The Labute approximate surface area is 122 Å². The molecule has 8 nitrogen and oxygen atoms in total. The van der Waals surface area contributed by atoms with Crippen molar-refractivity contribution in [3.63, 3.8) is 0 Å². The van der Waals surface area contributed by atoms with Gasteiger partial charge in [0.25, 0.3) is 5.91 Å². The Morgan fingerprint density at radius 2 is 2.05 bits per heavy atom. The van der Waals surface area contributed by atoms with Gasteiger partial charge >= 0.3 is 12.0 Å². The van der Waals surface area contributed by atoms with E-state index in [2.05, 4.69) is 5.32 Å². The summed E-state index contributed by atoms with van der Waals surface area (Å²) in [5, 5.41) is 11.5. The first-order valence-electron chi connectivity index (χ1n) is 6.81. The van der Waals surface area contributed by atoms with Crippen LogP contribution in [0, 0.1) is 5.92 Å². The first-order valence-corrected chi connectivity index (χ1v) is 6.81. The lowest BCUT2D eigenvalue weighted by Gasteiger charge is -2.24. The molecular formula is C13H19N3O5. The molecule has 1 saturated heterocycles. The van der Waals surface area contributed by atoms with Gasteiger partial charge < -0.3 is 15.3 Å². The number of nitrogens with zero attached hydrogens (tertiary/aromatic N) is 2. The molecule has 2 unspecified atom stereocenters. The van der Waals surface area contributed by atoms with Crippen LogP contribution >= 0.6 is 0 Å². The fourth-order valence-corrected chi connectivity index (χ4v) is 2.43. The van der Waals surface area contributed by atoms with Crippen molar-refractivity contribution in [2.45, 2.75) is 38.3 Å². The fourth-order valence-electron chi connectivity index (χ4n) is 2.43. The molecule has 2 fully saturated rings. The van der Waals surface area contributed by atoms with E-state index in [0.717, 1.165) is 22.6 Å². The van der Waals surface area contributed by atoms with Crippen LogP contribution in [-0.4, -0.2) is 63.9 Å². The fraction of sp³-hybridized carbons (Fsp3) is 0.692. The van der Waals surface area contributed by atoms with Crippen molar-refractivity contribution < 1.29 is 24.3 Å². The van der Waals surface area contributed by atoms with Crippen LogP contribution in [0.4, 0.5) is 4.79 Å². The van der Waals surface area contributed by atoms with Crippen LogP contribution < -0.4 is 5.32 Å². The van der Waals surface area contributed by atoms with E-state index < -0.39 is 41.9 Å². The number of carbonyl (C=O) groups is 4. The second-order valence-corrected chi connectivity index (χ2v) is 5.82. The van der Waals surface area contributed by atoms with Gasteiger partial charge in [0.1, 0.15) is 18.1 Å². The highest BCUT2D eigenvalue weighted by Gasteiger charge is 2.56. The van der Waals surface area contributed by atoms with Gasteiger partial charge in [0, 0.05) is 7.05 Å². The van der Waals surface area contributed by atoms with Crippen molar-refractivity contribution in [1.29, 1.82) is 0 Å². The Hall–Kier alpha value is -2.12. The summed E-state index contributed by atoms with van der Waals surface area (Å²) in [6.07, 6.45) is 1.75. The van der Waals surface area contributed by atoms with Gasteiger partial charge in [-0.25, -0.2) is 9.59 Å². The highest BCUT2D eigenvalue weighted by atomic mass is 16.4. The third-order valence-electron chi connectivity index (χ3n) is 4.32. The Morgan fingerprint density at radius 3 is 2.52 bits per heavy atom. The summed E-state index contributed by atoms with van der Waals surface area (Å²) in [4.78, 5) is 49.0. The number of nitrogens with one attached hydrogen (secondary N) is 1. The molecule has 4 amide bonds. The normalized spacial score (nSPS) is 26.5. The summed E-state index contributed by atoms with van der Waals surface area (Å²) in [6.45, 7) is 2.58. The Kier molecular flexibility index (Phi) is 3.65. The quantitative estimate of drug-likeness (QED) is 0.674. The number of carboxylic acid groups (broad SMARTS) is 1. The molecule has 1 saturated carbocycles. The number of likely N-dealkylation sites (N-methyl/N-ethyl adjacent to an activating group) is 1. The summed E-state index contributed by atoms with van der Waals surface area (Å²) in [5.41, 5.74) is -0.936. The summed E-state index contributed by atoms with van der Waals surface area (Å²) in [6, 6.07) is -1.62. The standard InChI is InChI=1S/C13H19N3O5/c1-7(10(18)19)15(3)9(17)6-16-11(20)13(2,8-4-5-8)14-12(16)21/h7-8H,4-6H2,1-3H3,(H,14,21)(H,18,19). The van der Waals surface area contributed by atoms with Gasteiger partial charge in [0.05, 0.1) is 0 Å². The van der Waals surface area contributed by atoms with Crippen LogP contribution in [-0.2, 0) is 14.4 Å². The smallest absolute Gasteiger partial charge is 0.326 e. The predicted molar refractivity (Wildman–Crippen MR) is 71.2 cm³/mol. The molecular weight excluding hydrogens is 278 g/mol. The maximum Gasteiger partial charge on any atom is 0.326 e. The lowest BCUT2D eigenvalue weighted by Crippen LogP contribution is -2.48. The molecule has 1 aliphatic heterocycles. The first-order chi connectivity index (χ1) is 9.68. The molecule has 2 atom stereocenters. The van der Waals surface area contributed by atoms with Crippen molar-refractivity contribution in [2.24, 2.45) is 5.92 Å². The molecule has 2 N–H and O–H groups in total. The van der Waals surface area contributed by atoms with Gasteiger partial charge in [0.15, 0.2) is 0 Å². The lowest BCUT2D eigenvalue weighted by molar-refractivity contribution is -0.149. The van der Waals surface area contributed by atoms with E-state index in [1.165, 1.54) is 14.0 Å². The third kappa shape index (κ3) is 2.57. The van der Waals surface area contributed by atoms with Crippen LogP contribution in [0.3, 0.4) is 0 Å². The number of carboxylic acids is 1. The molecule has 1 aliphatic carbocycles. The number of hydrogen-bond donors (Lipinski definition) is 2. The van der Waals surface area contributed by atoms with E-state index in [9.17, 15) is 19.2 Å². The Balaban J connectivity index is 2.06. The number of amides is 4. The average molecular weight is 297 g/mol. The minimum absolute atomic E-state index is 0.115. The van der Waals surface area contributed by atoms with Gasteiger partial charge in [-0.05, 0) is 32.6 Å². The minimum atomic E-state index is -1.15. The average Bonchev–Trinajstić information content (AvgIpc) is 3.23. The second kappa shape index (κ2) is 5.01. The molecule has 0 aromatic heterocycles. The van der Waals surface area contributed by atoms with Gasteiger partial charge in [-0.2, -0.15) is 0 Å². The summed E-state index contributed by atoms with van der Waals surface area (Å²) >= 11 is 0. The predicted octanol–water partition coefficient (Wildman–Crippen LogP) is -0.362. The van der Waals surface area contributed by atoms with E-state index in [4.69, 9.17) is 5.11 Å². The number of aliphatic carboxylic acids is 1. The number of imide groups is 1. The van der Waals surface area contributed by atoms with Gasteiger partial charge in [-0.15, -0.1) is 0 Å². The topological polar surface area (TPSA) is 107 Å². The van der Waals surface area contributed by atoms with Gasteiger partial charge in [-0.3, -0.25) is 14.5 Å².